The van der Waals surface area contributed by atoms with Crippen LogP contribution < -0.4 is 5.73 Å². The van der Waals surface area contributed by atoms with E-state index in [4.69, 9.17) is 5.73 Å². The van der Waals surface area contributed by atoms with Gasteiger partial charge in [0.2, 0.25) is 10.0 Å². The maximum Gasteiger partial charge on any atom is 0.258 e. The molecule has 0 spiro atoms. The second kappa shape index (κ2) is 7.94. The number of carbonyl (C=O) groups excluding carboxylic acids is 1. The van der Waals surface area contributed by atoms with Gasteiger partial charge in [-0.25, -0.2) is 8.42 Å². The van der Waals surface area contributed by atoms with Gasteiger partial charge in [0.15, 0.2) is 0 Å². The van der Waals surface area contributed by atoms with Crippen LogP contribution in [0.4, 0.5) is 0 Å². The minimum atomic E-state index is -3.55. The zero-order valence-electron chi connectivity index (χ0n) is 15.7. The Morgan fingerprint density at radius 3 is 2.54 bits per heavy atom. The molecule has 0 unspecified atom stereocenters. The molecule has 1 amide bonds. The average molecular weight is 420 g/mol. The largest absolute Gasteiger partial charge is 0.365 e. The summed E-state index contributed by atoms with van der Waals surface area (Å²) in [6.45, 7) is 4.13. The summed E-state index contributed by atoms with van der Waals surface area (Å²) in [4.78, 5) is 14.2. The summed E-state index contributed by atoms with van der Waals surface area (Å²) in [7, 11) is -3.55. The molecule has 1 fully saturated rings. The Morgan fingerprint density at radius 1 is 1.14 bits per heavy atom. The molecule has 0 radical (unpaired) electrons. The van der Waals surface area contributed by atoms with E-state index in [-0.39, 0.29) is 9.77 Å². The third-order valence-corrected chi connectivity index (χ3v) is 8.73. The van der Waals surface area contributed by atoms with Gasteiger partial charge in [-0.2, -0.15) is 4.31 Å². The molecule has 6 nitrogen and oxygen atoms in total. The van der Waals surface area contributed by atoms with Gasteiger partial charge in [-0.1, -0.05) is 24.3 Å². The number of fused-ring (bicyclic) bond motifs is 1. The molecule has 150 valence electrons. The number of nitrogens with two attached hydrogens (primary N) is 1. The highest BCUT2D eigenvalue weighted by Crippen LogP contribution is 2.28. The fourth-order valence-electron chi connectivity index (χ4n) is 4.14. The van der Waals surface area contributed by atoms with Crippen LogP contribution in [-0.4, -0.2) is 49.7 Å². The van der Waals surface area contributed by atoms with Gasteiger partial charge < -0.3 is 5.73 Å². The first-order valence-electron chi connectivity index (χ1n) is 9.61. The van der Waals surface area contributed by atoms with E-state index in [9.17, 15) is 13.2 Å². The first-order chi connectivity index (χ1) is 13.4. The Morgan fingerprint density at radius 2 is 1.86 bits per heavy atom. The zero-order valence-corrected chi connectivity index (χ0v) is 17.3. The van der Waals surface area contributed by atoms with Crippen molar-refractivity contribution in [2.45, 2.75) is 30.7 Å². The number of carbonyl (C=O) groups is 1. The predicted molar refractivity (Wildman–Crippen MR) is 110 cm³/mol. The number of thiophene rings is 1. The number of hydrogen-bond acceptors (Lipinski definition) is 5. The van der Waals surface area contributed by atoms with Crippen LogP contribution in [0.15, 0.2) is 40.6 Å². The summed E-state index contributed by atoms with van der Waals surface area (Å²) in [5, 5.41) is 1.51. The standard InChI is InChI=1S/C20H25N3O3S2/c21-20(24)19-11-18(14-27-19)28(25,26)23-9-5-15(6-10-23)12-22-8-7-16-3-1-2-4-17(16)13-22/h1-4,11,14-15H,5-10,12-13H2,(H2,21,24). The lowest BCUT2D eigenvalue weighted by Gasteiger charge is -2.36. The van der Waals surface area contributed by atoms with Crippen LogP contribution in [-0.2, 0) is 23.0 Å². The number of nitrogens with zero attached hydrogens (tertiary/aromatic N) is 2. The molecular formula is C20H25N3O3S2. The van der Waals surface area contributed by atoms with E-state index < -0.39 is 15.9 Å². The normalized spacial score (nSPS) is 19.4. The van der Waals surface area contributed by atoms with Crippen molar-refractivity contribution >= 4 is 27.3 Å². The molecule has 8 heteroatoms. The number of amides is 1. The van der Waals surface area contributed by atoms with E-state index >= 15 is 0 Å². The van der Waals surface area contributed by atoms with Crippen LogP contribution in [0.3, 0.4) is 0 Å². The van der Waals surface area contributed by atoms with Gasteiger partial charge in [-0.15, -0.1) is 11.3 Å². The highest BCUT2D eigenvalue weighted by Gasteiger charge is 2.31. The molecule has 1 saturated heterocycles. The second-order valence-electron chi connectivity index (χ2n) is 7.61. The Bertz CT molecular complexity index is 963. The average Bonchev–Trinajstić information content (AvgIpc) is 3.20. The summed E-state index contributed by atoms with van der Waals surface area (Å²) in [6, 6.07) is 10.0. The number of rotatable bonds is 5. The summed E-state index contributed by atoms with van der Waals surface area (Å²) >= 11 is 1.08. The van der Waals surface area contributed by atoms with E-state index in [1.54, 1.807) is 4.31 Å². The van der Waals surface area contributed by atoms with Crippen molar-refractivity contribution in [1.82, 2.24) is 9.21 Å². The van der Waals surface area contributed by atoms with Crippen molar-refractivity contribution in [2.24, 2.45) is 11.7 Å². The van der Waals surface area contributed by atoms with Gasteiger partial charge in [-0.3, -0.25) is 9.69 Å². The lowest BCUT2D eigenvalue weighted by molar-refractivity contribution is 0.100. The van der Waals surface area contributed by atoms with Crippen LogP contribution in [0.1, 0.15) is 33.6 Å². The third kappa shape index (κ3) is 4.00. The minimum Gasteiger partial charge on any atom is -0.365 e. The van der Waals surface area contributed by atoms with Crippen LogP contribution in [0, 0.1) is 5.92 Å². The van der Waals surface area contributed by atoms with E-state index in [0.717, 1.165) is 50.2 Å². The summed E-state index contributed by atoms with van der Waals surface area (Å²) in [5.74, 6) is -0.0753. The van der Waals surface area contributed by atoms with Crippen LogP contribution in [0.5, 0.6) is 0 Å². The lowest BCUT2D eigenvalue weighted by atomic mass is 9.94. The SMILES string of the molecule is NC(=O)c1cc(S(=O)(=O)N2CCC(CN3CCc4ccccc4C3)CC2)cs1. The molecule has 0 bridgehead atoms. The smallest absolute Gasteiger partial charge is 0.258 e. The molecule has 1 aromatic carbocycles. The molecule has 0 atom stereocenters. The van der Waals surface area contributed by atoms with Crippen molar-refractivity contribution in [1.29, 1.82) is 0 Å². The Hall–Kier alpha value is -1.74. The highest BCUT2D eigenvalue weighted by atomic mass is 32.2. The van der Waals surface area contributed by atoms with Crippen molar-refractivity contribution < 1.29 is 13.2 Å². The number of piperidine rings is 1. The quantitative estimate of drug-likeness (QED) is 0.806. The number of sulfonamides is 1. The van der Waals surface area contributed by atoms with E-state index in [1.807, 2.05) is 0 Å². The lowest BCUT2D eigenvalue weighted by Crippen LogP contribution is -2.42. The maximum atomic E-state index is 12.8. The van der Waals surface area contributed by atoms with Crippen LogP contribution in [0.2, 0.25) is 0 Å². The summed E-state index contributed by atoms with van der Waals surface area (Å²) < 4.78 is 27.2. The highest BCUT2D eigenvalue weighted by molar-refractivity contribution is 7.89. The molecule has 0 saturated carbocycles. The third-order valence-electron chi connectivity index (χ3n) is 5.76. The molecular weight excluding hydrogens is 394 g/mol. The van der Waals surface area contributed by atoms with Crippen molar-refractivity contribution in [3.8, 4) is 0 Å². The monoisotopic (exact) mass is 419 g/mol. The molecule has 0 aliphatic carbocycles. The maximum absolute atomic E-state index is 12.8. The molecule has 3 heterocycles. The summed E-state index contributed by atoms with van der Waals surface area (Å²) in [5.41, 5.74) is 8.11. The van der Waals surface area contributed by atoms with Crippen molar-refractivity contribution in [3.05, 3.63) is 51.7 Å². The van der Waals surface area contributed by atoms with Crippen LogP contribution >= 0.6 is 11.3 Å². The number of primary amides is 1. The molecule has 4 rings (SSSR count). The van der Waals surface area contributed by atoms with Gasteiger partial charge in [-0.05, 0) is 42.4 Å². The predicted octanol–water partition coefficient (Wildman–Crippen LogP) is 2.31. The Kier molecular flexibility index (Phi) is 5.55. The Balaban J connectivity index is 1.34. The molecule has 1 aromatic heterocycles. The molecule has 28 heavy (non-hydrogen) atoms. The van der Waals surface area contributed by atoms with Gasteiger partial charge in [0, 0.05) is 38.1 Å². The van der Waals surface area contributed by atoms with Crippen molar-refractivity contribution in [2.75, 3.05) is 26.2 Å². The fourth-order valence-corrected chi connectivity index (χ4v) is 6.72. The summed E-state index contributed by atoms with van der Waals surface area (Å²) in [6.07, 6.45) is 2.82. The second-order valence-corrected chi connectivity index (χ2v) is 10.5. The van der Waals surface area contributed by atoms with Crippen LogP contribution in [0.25, 0.3) is 0 Å². The molecule has 2 aliphatic rings. The van der Waals surface area contributed by atoms with Gasteiger partial charge in [0.05, 0.1) is 9.77 Å². The first-order valence-corrected chi connectivity index (χ1v) is 11.9. The minimum absolute atomic E-state index is 0.178. The topological polar surface area (TPSA) is 83.7 Å². The van der Waals surface area contributed by atoms with Gasteiger partial charge in [0.25, 0.3) is 5.91 Å². The first kappa shape index (κ1) is 19.6. The van der Waals surface area contributed by atoms with E-state index in [0.29, 0.717) is 19.0 Å². The van der Waals surface area contributed by atoms with E-state index in [1.165, 1.54) is 22.6 Å². The Labute approximate surface area is 170 Å². The van der Waals surface area contributed by atoms with E-state index in [2.05, 4.69) is 29.2 Å². The molecule has 2 aliphatic heterocycles. The van der Waals surface area contributed by atoms with Crippen molar-refractivity contribution in [3.63, 3.8) is 0 Å². The molecule has 2 N–H and O–H groups in total. The van der Waals surface area contributed by atoms with Gasteiger partial charge >= 0.3 is 0 Å². The zero-order chi connectivity index (χ0) is 19.7. The fraction of sp³-hybridized carbons (Fsp3) is 0.450. The number of benzene rings is 1. The molecule has 2 aromatic rings. The number of hydrogen-bond donors (Lipinski definition) is 1. The van der Waals surface area contributed by atoms with Gasteiger partial charge in [0.1, 0.15) is 0 Å².